The summed E-state index contributed by atoms with van der Waals surface area (Å²) in [5, 5.41) is 12.3. The van der Waals surface area contributed by atoms with E-state index in [9.17, 15) is 18.3 Å². The highest BCUT2D eigenvalue weighted by atomic mass is 19.4. The number of benzene rings is 1. The van der Waals surface area contributed by atoms with Gasteiger partial charge >= 0.3 is 6.36 Å². The lowest BCUT2D eigenvalue weighted by atomic mass is 10.3. The van der Waals surface area contributed by atoms with Gasteiger partial charge in [-0.25, -0.2) is 0 Å². The standard InChI is InChI=1S/C12H16F3NO3/c1-2-18-8-10(17)7-16-9-4-3-5-11(6-9)19-12(13,14)15/h3-6,10,16-17H,2,7-8H2,1H3. The van der Waals surface area contributed by atoms with E-state index in [0.717, 1.165) is 0 Å². The van der Waals surface area contributed by atoms with Crippen molar-refractivity contribution in [1.82, 2.24) is 0 Å². The Bertz CT molecular complexity index is 385. The summed E-state index contributed by atoms with van der Waals surface area (Å²) < 4.78 is 44.9. The molecular formula is C12H16F3NO3. The number of hydrogen-bond donors (Lipinski definition) is 2. The molecule has 0 saturated heterocycles. The van der Waals surface area contributed by atoms with E-state index in [0.29, 0.717) is 12.3 Å². The van der Waals surface area contributed by atoms with E-state index in [1.54, 1.807) is 13.0 Å². The van der Waals surface area contributed by atoms with Crippen LogP contribution in [0.2, 0.25) is 0 Å². The van der Waals surface area contributed by atoms with Crippen LogP contribution in [0.3, 0.4) is 0 Å². The predicted molar refractivity (Wildman–Crippen MR) is 64.1 cm³/mol. The number of anilines is 1. The van der Waals surface area contributed by atoms with Crippen molar-refractivity contribution >= 4 is 5.69 Å². The number of alkyl halides is 3. The zero-order valence-electron chi connectivity index (χ0n) is 10.4. The minimum Gasteiger partial charge on any atom is -0.406 e. The fourth-order valence-corrected chi connectivity index (χ4v) is 1.35. The molecule has 0 spiro atoms. The Morgan fingerprint density at radius 1 is 1.37 bits per heavy atom. The van der Waals surface area contributed by atoms with E-state index in [1.165, 1.54) is 18.2 Å². The maximum atomic E-state index is 12.0. The Morgan fingerprint density at radius 2 is 2.11 bits per heavy atom. The van der Waals surface area contributed by atoms with Crippen molar-refractivity contribution in [1.29, 1.82) is 0 Å². The largest absolute Gasteiger partial charge is 0.573 e. The Kier molecular flexibility index (Phi) is 5.91. The molecule has 0 aromatic heterocycles. The van der Waals surface area contributed by atoms with Crippen LogP contribution >= 0.6 is 0 Å². The minimum atomic E-state index is -4.72. The van der Waals surface area contributed by atoms with E-state index in [4.69, 9.17) is 4.74 Å². The minimum absolute atomic E-state index is 0.169. The molecule has 0 aliphatic heterocycles. The van der Waals surface area contributed by atoms with Crippen LogP contribution in [0, 0.1) is 0 Å². The van der Waals surface area contributed by atoms with Gasteiger partial charge in [0.1, 0.15) is 5.75 Å². The summed E-state index contributed by atoms with van der Waals surface area (Å²) in [5.74, 6) is -0.309. The molecular weight excluding hydrogens is 263 g/mol. The van der Waals surface area contributed by atoms with Crippen LogP contribution in [-0.4, -0.2) is 37.3 Å². The molecule has 0 radical (unpaired) electrons. The maximum absolute atomic E-state index is 12.0. The van der Waals surface area contributed by atoms with E-state index in [-0.39, 0.29) is 18.9 Å². The molecule has 7 heteroatoms. The third-order valence-electron chi connectivity index (χ3n) is 2.12. The topological polar surface area (TPSA) is 50.7 Å². The third kappa shape index (κ3) is 6.88. The summed E-state index contributed by atoms with van der Waals surface area (Å²) in [5.41, 5.74) is 0.428. The van der Waals surface area contributed by atoms with Crippen molar-refractivity contribution in [2.24, 2.45) is 0 Å². The summed E-state index contributed by atoms with van der Waals surface area (Å²) in [7, 11) is 0. The van der Waals surface area contributed by atoms with Crippen LogP contribution < -0.4 is 10.1 Å². The van der Waals surface area contributed by atoms with Crippen LogP contribution in [0.4, 0.5) is 18.9 Å². The van der Waals surface area contributed by atoms with E-state index in [2.05, 4.69) is 10.1 Å². The maximum Gasteiger partial charge on any atom is 0.573 e. The molecule has 2 N–H and O–H groups in total. The van der Waals surface area contributed by atoms with Crippen molar-refractivity contribution < 1.29 is 27.8 Å². The first kappa shape index (κ1) is 15.6. The number of aliphatic hydroxyl groups is 1. The molecule has 0 aliphatic rings. The average molecular weight is 279 g/mol. The number of ether oxygens (including phenoxy) is 2. The van der Waals surface area contributed by atoms with Crippen LogP contribution in [0.5, 0.6) is 5.75 Å². The Morgan fingerprint density at radius 3 is 2.74 bits per heavy atom. The van der Waals surface area contributed by atoms with Crippen molar-refractivity contribution in [3.05, 3.63) is 24.3 Å². The molecule has 4 nitrogen and oxygen atoms in total. The number of aliphatic hydroxyl groups excluding tert-OH is 1. The van der Waals surface area contributed by atoms with Crippen molar-refractivity contribution in [2.75, 3.05) is 25.1 Å². The smallest absolute Gasteiger partial charge is 0.406 e. The number of rotatable bonds is 7. The van der Waals surface area contributed by atoms with Gasteiger partial charge in [0.2, 0.25) is 0 Å². The zero-order chi connectivity index (χ0) is 14.3. The second kappa shape index (κ2) is 7.20. The van der Waals surface area contributed by atoms with Gasteiger partial charge in [-0.15, -0.1) is 13.2 Å². The summed E-state index contributed by atoms with van der Waals surface area (Å²) >= 11 is 0. The molecule has 0 saturated carbocycles. The molecule has 1 aromatic carbocycles. The molecule has 0 bridgehead atoms. The van der Waals surface area contributed by atoms with Gasteiger partial charge in [0.05, 0.1) is 12.7 Å². The second-order valence-corrected chi connectivity index (χ2v) is 3.77. The summed E-state index contributed by atoms with van der Waals surface area (Å²) in [6.07, 6.45) is -5.44. The first-order valence-corrected chi connectivity index (χ1v) is 5.76. The Hall–Kier alpha value is -1.47. The highest BCUT2D eigenvalue weighted by Gasteiger charge is 2.31. The van der Waals surface area contributed by atoms with Gasteiger partial charge in [-0.3, -0.25) is 0 Å². The molecule has 0 fully saturated rings. The molecule has 19 heavy (non-hydrogen) atoms. The fourth-order valence-electron chi connectivity index (χ4n) is 1.35. The SMILES string of the molecule is CCOCC(O)CNc1cccc(OC(F)(F)F)c1. The van der Waals surface area contributed by atoms with Crippen molar-refractivity contribution in [2.45, 2.75) is 19.4 Å². The van der Waals surface area contributed by atoms with E-state index in [1.807, 2.05) is 0 Å². The van der Waals surface area contributed by atoms with Gasteiger partial charge in [-0.05, 0) is 19.1 Å². The third-order valence-corrected chi connectivity index (χ3v) is 2.12. The molecule has 1 atom stereocenters. The zero-order valence-corrected chi connectivity index (χ0v) is 10.4. The summed E-state index contributed by atoms with van der Waals surface area (Å²) in [6, 6.07) is 5.42. The highest BCUT2D eigenvalue weighted by Crippen LogP contribution is 2.24. The fraction of sp³-hybridized carbons (Fsp3) is 0.500. The van der Waals surface area contributed by atoms with Gasteiger partial charge in [0.25, 0.3) is 0 Å². The normalized spacial score (nSPS) is 13.1. The number of halogens is 3. The Balaban J connectivity index is 2.48. The van der Waals surface area contributed by atoms with Crippen molar-refractivity contribution in [3.63, 3.8) is 0 Å². The average Bonchev–Trinajstić information content (AvgIpc) is 2.32. The summed E-state index contributed by atoms with van der Waals surface area (Å²) in [4.78, 5) is 0. The molecule has 1 unspecified atom stereocenters. The quantitative estimate of drug-likeness (QED) is 0.804. The monoisotopic (exact) mass is 279 g/mol. The second-order valence-electron chi connectivity index (χ2n) is 3.77. The van der Waals surface area contributed by atoms with Gasteiger partial charge in [0.15, 0.2) is 0 Å². The molecule has 0 amide bonds. The lowest BCUT2D eigenvalue weighted by molar-refractivity contribution is -0.274. The van der Waals surface area contributed by atoms with Gasteiger partial charge in [-0.1, -0.05) is 6.07 Å². The number of hydrogen-bond acceptors (Lipinski definition) is 4. The van der Waals surface area contributed by atoms with Crippen LogP contribution in [-0.2, 0) is 4.74 Å². The van der Waals surface area contributed by atoms with Crippen molar-refractivity contribution in [3.8, 4) is 5.75 Å². The van der Waals surface area contributed by atoms with Crippen LogP contribution in [0.1, 0.15) is 6.92 Å². The van der Waals surface area contributed by atoms with Crippen LogP contribution in [0.25, 0.3) is 0 Å². The lowest BCUT2D eigenvalue weighted by Crippen LogP contribution is -2.24. The summed E-state index contributed by atoms with van der Waals surface area (Å²) in [6.45, 7) is 2.64. The van der Waals surface area contributed by atoms with Crippen LogP contribution in [0.15, 0.2) is 24.3 Å². The Labute approximate surface area is 109 Å². The highest BCUT2D eigenvalue weighted by molar-refractivity contribution is 5.48. The molecule has 0 heterocycles. The van der Waals surface area contributed by atoms with E-state index >= 15 is 0 Å². The van der Waals surface area contributed by atoms with Gasteiger partial charge in [0, 0.05) is 24.9 Å². The van der Waals surface area contributed by atoms with E-state index < -0.39 is 12.5 Å². The van der Waals surface area contributed by atoms with Gasteiger partial charge < -0.3 is 19.9 Å². The molecule has 108 valence electrons. The first-order chi connectivity index (χ1) is 8.90. The molecule has 0 aliphatic carbocycles. The molecule has 1 aromatic rings. The predicted octanol–water partition coefficient (Wildman–Crippen LogP) is 2.39. The first-order valence-electron chi connectivity index (χ1n) is 5.76. The molecule has 1 rings (SSSR count). The van der Waals surface area contributed by atoms with Gasteiger partial charge in [-0.2, -0.15) is 0 Å². The lowest BCUT2D eigenvalue weighted by Gasteiger charge is -2.14. The number of nitrogens with one attached hydrogen (secondary N) is 1.